The zero-order chi connectivity index (χ0) is 29.3. The molecule has 5 aromatic rings. The van der Waals surface area contributed by atoms with Crippen molar-refractivity contribution in [2.75, 3.05) is 14.1 Å². The van der Waals surface area contributed by atoms with Crippen LogP contribution in [-0.2, 0) is 0 Å². The van der Waals surface area contributed by atoms with E-state index in [1.807, 2.05) is 36.4 Å². The zero-order valence-electron chi connectivity index (χ0n) is 22.5. The fourth-order valence-electron chi connectivity index (χ4n) is 4.93. The van der Waals surface area contributed by atoms with Gasteiger partial charge < -0.3 is 15.6 Å². The molecule has 1 heterocycles. The van der Waals surface area contributed by atoms with Crippen molar-refractivity contribution in [2.45, 2.75) is 0 Å². The number of nitrogens with two attached hydrogens (primary N) is 1. The van der Waals surface area contributed by atoms with E-state index >= 15 is 0 Å². The normalized spacial score (nSPS) is 12.3. The Kier molecular flexibility index (Phi) is 7.46. The Morgan fingerprint density at radius 1 is 0.951 bits per heavy atom. The molecule has 0 bridgehead atoms. The fourth-order valence-corrected chi connectivity index (χ4v) is 5.21. The van der Waals surface area contributed by atoms with Crippen molar-refractivity contribution in [1.82, 2.24) is 14.5 Å². The highest BCUT2D eigenvalue weighted by Gasteiger charge is 2.17. The van der Waals surface area contributed by atoms with E-state index in [1.165, 1.54) is 17.2 Å². The molecular formula is C33H27ClN4O3. The maximum Gasteiger partial charge on any atom is 0.333 e. The number of aromatic amines is 1. The molecule has 0 saturated carbocycles. The van der Waals surface area contributed by atoms with Crippen molar-refractivity contribution in [3.05, 3.63) is 139 Å². The molecule has 0 aliphatic carbocycles. The SMILES string of the molecule is C=C/C(=c1/cccc/c1=C/N)n1c(=O)[nH]c2cc(-c3c(Cl)cccc3-c3cccc(C(=O)N(C)C)c3)ccc2c1=O. The average molecular weight is 563 g/mol. The Morgan fingerprint density at radius 2 is 1.71 bits per heavy atom. The Bertz CT molecular complexity index is 2090. The van der Waals surface area contributed by atoms with Crippen molar-refractivity contribution >= 4 is 40.3 Å². The van der Waals surface area contributed by atoms with Crippen molar-refractivity contribution in [3.63, 3.8) is 0 Å². The Labute approximate surface area is 240 Å². The first-order chi connectivity index (χ1) is 19.7. The number of carbonyl (C=O) groups is 1. The predicted molar refractivity (Wildman–Crippen MR) is 166 cm³/mol. The molecule has 0 saturated heterocycles. The molecule has 0 fully saturated rings. The number of amides is 1. The molecule has 4 aromatic carbocycles. The van der Waals surface area contributed by atoms with E-state index in [2.05, 4.69) is 11.6 Å². The van der Waals surface area contributed by atoms with Crippen LogP contribution in [0.4, 0.5) is 0 Å². The van der Waals surface area contributed by atoms with Gasteiger partial charge in [0.15, 0.2) is 0 Å². The molecular weight excluding hydrogens is 536 g/mol. The van der Waals surface area contributed by atoms with E-state index in [0.29, 0.717) is 48.8 Å². The smallest absolute Gasteiger partial charge is 0.333 e. The highest BCUT2D eigenvalue weighted by atomic mass is 35.5. The lowest BCUT2D eigenvalue weighted by Gasteiger charge is -2.15. The number of hydrogen-bond acceptors (Lipinski definition) is 4. The molecule has 0 atom stereocenters. The van der Waals surface area contributed by atoms with E-state index < -0.39 is 11.2 Å². The first-order valence-electron chi connectivity index (χ1n) is 12.8. The standard InChI is InChI=1S/C33H27ClN4O3/c1-4-29(24-12-6-5-9-23(24)19-35)38-32(40)26-16-15-21(18-28(26)36-33(38)41)30-25(13-8-14-27(30)34)20-10-7-11-22(17-20)31(39)37(2)3/h4-19H,1,35H2,2-3H3,(H,36,41)/b23-19-,29-24+. The summed E-state index contributed by atoms with van der Waals surface area (Å²) < 4.78 is 1.06. The molecule has 1 aromatic heterocycles. The summed E-state index contributed by atoms with van der Waals surface area (Å²) in [6.07, 6.45) is 2.88. The minimum atomic E-state index is -0.615. The number of benzene rings is 4. The molecule has 3 N–H and O–H groups in total. The molecule has 204 valence electrons. The number of allylic oxidation sites excluding steroid dienone is 1. The van der Waals surface area contributed by atoms with Crippen LogP contribution in [0.1, 0.15) is 10.4 Å². The summed E-state index contributed by atoms with van der Waals surface area (Å²) in [6, 6.07) is 25.2. The second-order valence-corrected chi connectivity index (χ2v) is 10.0. The van der Waals surface area contributed by atoms with E-state index in [0.717, 1.165) is 15.7 Å². The predicted octanol–water partition coefficient (Wildman–Crippen LogP) is 3.92. The van der Waals surface area contributed by atoms with Crippen LogP contribution >= 0.6 is 11.6 Å². The first kappa shape index (κ1) is 27.4. The minimum Gasteiger partial charge on any atom is -0.404 e. The van der Waals surface area contributed by atoms with E-state index in [4.69, 9.17) is 17.3 Å². The Balaban J connectivity index is 1.72. The van der Waals surface area contributed by atoms with Crippen LogP contribution in [0.5, 0.6) is 0 Å². The summed E-state index contributed by atoms with van der Waals surface area (Å²) in [5.74, 6) is -0.113. The number of aromatic nitrogens is 2. The highest BCUT2D eigenvalue weighted by Crippen LogP contribution is 2.38. The van der Waals surface area contributed by atoms with Gasteiger partial charge in [-0.3, -0.25) is 9.59 Å². The largest absolute Gasteiger partial charge is 0.404 e. The van der Waals surface area contributed by atoms with Gasteiger partial charge in [-0.2, -0.15) is 0 Å². The van der Waals surface area contributed by atoms with Gasteiger partial charge >= 0.3 is 5.69 Å². The van der Waals surface area contributed by atoms with Crippen LogP contribution in [0.15, 0.2) is 107 Å². The molecule has 0 aliphatic heterocycles. The van der Waals surface area contributed by atoms with Gasteiger partial charge in [-0.05, 0) is 58.3 Å². The Hall–Kier alpha value is -5.14. The van der Waals surface area contributed by atoms with Gasteiger partial charge in [0.25, 0.3) is 11.5 Å². The average Bonchev–Trinajstić information content (AvgIpc) is 2.98. The summed E-state index contributed by atoms with van der Waals surface area (Å²) in [5.41, 5.74) is 8.92. The quantitative estimate of drug-likeness (QED) is 0.339. The van der Waals surface area contributed by atoms with E-state index in [1.54, 1.807) is 62.6 Å². The fraction of sp³-hybridized carbons (Fsp3) is 0.0606. The maximum atomic E-state index is 13.7. The van der Waals surface area contributed by atoms with Crippen molar-refractivity contribution in [2.24, 2.45) is 5.73 Å². The van der Waals surface area contributed by atoms with E-state index in [-0.39, 0.29) is 5.91 Å². The topological polar surface area (TPSA) is 101 Å². The molecule has 41 heavy (non-hydrogen) atoms. The summed E-state index contributed by atoms with van der Waals surface area (Å²) in [5, 5.41) is 2.06. The number of halogens is 1. The Morgan fingerprint density at radius 3 is 2.44 bits per heavy atom. The number of rotatable bonds is 5. The van der Waals surface area contributed by atoms with Crippen LogP contribution in [0, 0.1) is 0 Å². The molecule has 1 amide bonds. The van der Waals surface area contributed by atoms with Crippen LogP contribution in [-0.4, -0.2) is 34.5 Å². The third-order valence-electron chi connectivity index (χ3n) is 6.88. The lowest BCUT2D eigenvalue weighted by atomic mass is 9.93. The number of nitrogens with one attached hydrogen (secondary N) is 1. The molecule has 0 unspecified atom stereocenters. The van der Waals surface area contributed by atoms with Crippen molar-refractivity contribution in [1.29, 1.82) is 0 Å². The number of H-pyrrole nitrogens is 1. The minimum absolute atomic E-state index is 0.113. The second-order valence-electron chi connectivity index (χ2n) is 9.62. The third-order valence-corrected chi connectivity index (χ3v) is 7.19. The van der Waals surface area contributed by atoms with Gasteiger partial charge in [-0.15, -0.1) is 0 Å². The monoisotopic (exact) mass is 562 g/mol. The molecule has 8 heteroatoms. The van der Waals surface area contributed by atoms with Crippen LogP contribution in [0.25, 0.3) is 45.1 Å². The second kappa shape index (κ2) is 11.2. The molecule has 0 radical (unpaired) electrons. The van der Waals surface area contributed by atoms with Gasteiger partial charge in [0.2, 0.25) is 0 Å². The number of hydrogen-bond donors (Lipinski definition) is 2. The zero-order valence-corrected chi connectivity index (χ0v) is 23.3. The first-order valence-corrected chi connectivity index (χ1v) is 13.2. The molecule has 0 spiro atoms. The lowest BCUT2D eigenvalue weighted by Crippen LogP contribution is -2.39. The maximum absolute atomic E-state index is 13.7. The van der Waals surface area contributed by atoms with Gasteiger partial charge in [-0.1, -0.05) is 72.8 Å². The van der Waals surface area contributed by atoms with Gasteiger partial charge in [0, 0.05) is 41.7 Å². The van der Waals surface area contributed by atoms with Crippen LogP contribution in [0.2, 0.25) is 5.02 Å². The van der Waals surface area contributed by atoms with Crippen molar-refractivity contribution in [3.8, 4) is 22.3 Å². The van der Waals surface area contributed by atoms with Crippen LogP contribution < -0.4 is 27.4 Å². The number of carbonyl (C=O) groups excluding carboxylic acids is 1. The summed E-state index contributed by atoms with van der Waals surface area (Å²) in [6.45, 7) is 3.84. The number of fused-ring (bicyclic) bond motifs is 1. The lowest BCUT2D eigenvalue weighted by molar-refractivity contribution is 0.0827. The van der Waals surface area contributed by atoms with E-state index in [9.17, 15) is 14.4 Å². The molecule has 5 rings (SSSR count). The van der Waals surface area contributed by atoms with Gasteiger partial charge in [0.05, 0.1) is 16.6 Å². The van der Waals surface area contributed by atoms with Crippen molar-refractivity contribution < 1.29 is 4.79 Å². The van der Waals surface area contributed by atoms with Gasteiger partial charge in [-0.25, -0.2) is 9.36 Å². The summed E-state index contributed by atoms with van der Waals surface area (Å²) in [7, 11) is 3.41. The van der Waals surface area contributed by atoms with Gasteiger partial charge in [0.1, 0.15) is 0 Å². The molecule has 0 aliphatic rings. The summed E-state index contributed by atoms with van der Waals surface area (Å²) in [4.78, 5) is 43.9. The third kappa shape index (κ3) is 4.99. The summed E-state index contributed by atoms with van der Waals surface area (Å²) >= 11 is 6.72. The van der Waals surface area contributed by atoms with Crippen LogP contribution in [0.3, 0.4) is 0 Å². The molecule has 7 nitrogen and oxygen atoms in total. The highest BCUT2D eigenvalue weighted by molar-refractivity contribution is 6.34. The number of nitrogens with zero attached hydrogens (tertiary/aromatic N) is 2.